The molecule has 0 spiro atoms. The van der Waals surface area contributed by atoms with E-state index < -0.39 is 21.7 Å². The third-order valence-electron chi connectivity index (χ3n) is 4.25. The van der Waals surface area contributed by atoms with Gasteiger partial charge in [0.15, 0.2) is 0 Å². The van der Waals surface area contributed by atoms with E-state index >= 15 is 0 Å². The van der Waals surface area contributed by atoms with Crippen LogP contribution in [0.5, 0.6) is 0 Å². The number of thiophene rings is 1. The number of carbonyl (C=O) groups is 1. The molecule has 10 heteroatoms. The number of halogens is 1. The maximum absolute atomic E-state index is 13.1. The Morgan fingerprint density at radius 2 is 1.84 bits per heavy atom. The third-order valence-corrected chi connectivity index (χ3v) is 6.49. The first-order valence-electron chi connectivity index (χ1n) is 9.06. The predicted octanol–water partition coefficient (Wildman–Crippen LogP) is 4.27. The minimum atomic E-state index is -4.00. The van der Waals surface area contributed by atoms with Crippen molar-refractivity contribution in [3.8, 4) is 10.8 Å². The fourth-order valence-corrected chi connectivity index (χ4v) is 4.49. The molecule has 0 radical (unpaired) electrons. The van der Waals surface area contributed by atoms with Gasteiger partial charge in [-0.05, 0) is 47.8 Å². The van der Waals surface area contributed by atoms with Crippen LogP contribution < -0.4 is 10.0 Å². The lowest BCUT2D eigenvalue weighted by Crippen LogP contribution is -2.25. The number of para-hydroxylation sites is 1. The Kier molecular flexibility index (Phi) is 5.83. The standard InChI is InChI=1S/C21H16FN3O4S2/c22-14-7-9-16(10-8-14)31(27,28)25-18-5-2-1-4-17(18)20(26)23-12-15-13-29-21(24-15)19-6-3-11-30-19/h1-11,13,25H,12H2,(H,23,26). The summed E-state index contributed by atoms with van der Waals surface area (Å²) < 4.78 is 46.1. The van der Waals surface area contributed by atoms with Gasteiger partial charge in [-0.3, -0.25) is 9.52 Å². The maximum Gasteiger partial charge on any atom is 0.261 e. The van der Waals surface area contributed by atoms with Crippen molar-refractivity contribution in [1.82, 2.24) is 10.3 Å². The highest BCUT2D eigenvalue weighted by atomic mass is 32.2. The molecule has 4 aromatic rings. The molecular weight excluding hydrogens is 441 g/mol. The van der Waals surface area contributed by atoms with Gasteiger partial charge in [0, 0.05) is 0 Å². The van der Waals surface area contributed by atoms with E-state index in [1.807, 2.05) is 17.5 Å². The lowest BCUT2D eigenvalue weighted by atomic mass is 10.1. The smallest absolute Gasteiger partial charge is 0.261 e. The molecule has 0 fully saturated rings. The number of carbonyl (C=O) groups excluding carboxylic acids is 1. The van der Waals surface area contributed by atoms with Crippen molar-refractivity contribution in [3.63, 3.8) is 0 Å². The summed E-state index contributed by atoms with van der Waals surface area (Å²) in [5.41, 5.74) is 0.764. The fraction of sp³-hybridized carbons (Fsp3) is 0.0476. The summed E-state index contributed by atoms with van der Waals surface area (Å²) in [7, 11) is -4.00. The number of aromatic nitrogens is 1. The lowest BCUT2D eigenvalue weighted by Gasteiger charge is -2.12. The number of amides is 1. The summed E-state index contributed by atoms with van der Waals surface area (Å²) in [4.78, 5) is 17.8. The molecule has 0 aliphatic rings. The fourth-order valence-electron chi connectivity index (χ4n) is 2.76. The Morgan fingerprint density at radius 1 is 1.06 bits per heavy atom. The molecule has 0 saturated carbocycles. The number of rotatable bonds is 7. The van der Waals surface area contributed by atoms with Crippen LogP contribution in [-0.2, 0) is 16.6 Å². The summed E-state index contributed by atoms with van der Waals surface area (Å²) in [6.07, 6.45) is 1.46. The molecule has 7 nitrogen and oxygen atoms in total. The Morgan fingerprint density at radius 3 is 2.58 bits per heavy atom. The SMILES string of the molecule is O=C(NCc1coc(-c2cccs2)n1)c1ccccc1NS(=O)(=O)c1ccc(F)cc1. The van der Waals surface area contributed by atoms with Crippen molar-refractivity contribution in [2.24, 2.45) is 0 Å². The molecule has 0 aliphatic heterocycles. The number of nitrogens with one attached hydrogen (secondary N) is 2. The van der Waals surface area contributed by atoms with Crippen LogP contribution in [0.1, 0.15) is 16.1 Å². The van der Waals surface area contributed by atoms with Crippen molar-refractivity contribution in [2.75, 3.05) is 4.72 Å². The van der Waals surface area contributed by atoms with E-state index in [1.54, 1.807) is 12.1 Å². The van der Waals surface area contributed by atoms with Gasteiger partial charge >= 0.3 is 0 Å². The van der Waals surface area contributed by atoms with Crippen molar-refractivity contribution < 1.29 is 22.0 Å². The molecule has 1 amide bonds. The third kappa shape index (κ3) is 4.81. The second-order valence-corrected chi connectivity index (χ2v) is 9.04. The van der Waals surface area contributed by atoms with Gasteiger partial charge in [-0.25, -0.2) is 17.8 Å². The van der Waals surface area contributed by atoms with Gasteiger partial charge in [0.25, 0.3) is 15.9 Å². The minimum absolute atomic E-state index is 0.101. The Hall–Kier alpha value is -3.50. The molecule has 0 bridgehead atoms. The molecule has 0 saturated heterocycles. The average molecular weight is 458 g/mol. The van der Waals surface area contributed by atoms with Crippen LogP contribution in [0.3, 0.4) is 0 Å². The highest BCUT2D eigenvalue weighted by Gasteiger charge is 2.19. The second-order valence-electron chi connectivity index (χ2n) is 6.41. The first kappa shape index (κ1) is 20.8. The molecule has 0 unspecified atom stereocenters. The highest BCUT2D eigenvalue weighted by molar-refractivity contribution is 7.92. The molecular formula is C21H16FN3O4S2. The minimum Gasteiger partial charge on any atom is -0.443 e. The van der Waals surface area contributed by atoms with Gasteiger partial charge in [0.1, 0.15) is 12.1 Å². The van der Waals surface area contributed by atoms with E-state index in [2.05, 4.69) is 15.0 Å². The van der Waals surface area contributed by atoms with Crippen LogP contribution in [0.2, 0.25) is 0 Å². The van der Waals surface area contributed by atoms with Crippen LogP contribution in [0.15, 0.2) is 81.6 Å². The van der Waals surface area contributed by atoms with Crippen molar-refractivity contribution in [3.05, 3.63) is 89.4 Å². The van der Waals surface area contributed by atoms with Gasteiger partial charge in [-0.1, -0.05) is 18.2 Å². The Balaban J connectivity index is 1.47. The molecule has 2 heterocycles. The molecule has 31 heavy (non-hydrogen) atoms. The molecule has 0 atom stereocenters. The Bertz CT molecular complexity index is 1300. The van der Waals surface area contributed by atoms with Gasteiger partial charge in [-0.2, -0.15) is 0 Å². The van der Waals surface area contributed by atoms with Gasteiger partial charge in [-0.15, -0.1) is 11.3 Å². The van der Waals surface area contributed by atoms with Crippen LogP contribution >= 0.6 is 11.3 Å². The van der Waals surface area contributed by atoms with E-state index in [-0.39, 0.29) is 22.7 Å². The highest BCUT2D eigenvalue weighted by Crippen LogP contribution is 2.24. The number of anilines is 1. The number of sulfonamides is 1. The number of hydrogen-bond acceptors (Lipinski definition) is 6. The van der Waals surface area contributed by atoms with Crippen LogP contribution in [0.25, 0.3) is 10.8 Å². The molecule has 158 valence electrons. The number of oxazole rings is 1. The topological polar surface area (TPSA) is 101 Å². The van der Waals surface area contributed by atoms with Gasteiger partial charge < -0.3 is 9.73 Å². The van der Waals surface area contributed by atoms with E-state index in [0.29, 0.717) is 11.6 Å². The van der Waals surface area contributed by atoms with E-state index in [0.717, 1.165) is 29.1 Å². The largest absolute Gasteiger partial charge is 0.443 e. The van der Waals surface area contributed by atoms with Crippen molar-refractivity contribution in [1.29, 1.82) is 0 Å². The summed E-state index contributed by atoms with van der Waals surface area (Å²) in [6.45, 7) is 0.104. The normalized spacial score (nSPS) is 11.3. The van der Waals surface area contributed by atoms with Crippen molar-refractivity contribution in [2.45, 2.75) is 11.4 Å². The average Bonchev–Trinajstić information content (AvgIpc) is 3.44. The summed E-state index contributed by atoms with van der Waals surface area (Å²) in [6, 6.07) is 14.4. The Labute approximate surface area is 181 Å². The number of hydrogen-bond donors (Lipinski definition) is 2. The summed E-state index contributed by atoms with van der Waals surface area (Å²) in [5, 5.41) is 4.61. The first-order valence-corrected chi connectivity index (χ1v) is 11.4. The lowest BCUT2D eigenvalue weighted by molar-refractivity contribution is 0.0951. The number of benzene rings is 2. The van der Waals surface area contributed by atoms with E-state index in [9.17, 15) is 17.6 Å². The first-order chi connectivity index (χ1) is 14.9. The van der Waals surface area contributed by atoms with Gasteiger partial charge in [0.05, 0.1) is 33.3 Å². The van der Waals surface area contributed by atoms with Gasteiger partial charge in [0.2, 0.25) is 5.89 Å². The van der Waals surface area contributed by atoms with Crippen LogP contribution in [0, 0.1) is 5.82 Å². The summed E-state index contributed by atoms with van der Waals surface area (Å²) in [5.74, 6) is -0.571. The zero-order valence-corrected chi connectivity index (χ0v) is 17.5. The van der Waals surface area contributed by atoms with Crippen molar-refractivity contribution >= 4 is 33.0 Å². The molecule has 4 rings (SSSR count). The second kappa shape index (κ2) is 8.70. The zero-order chi connectivity index (χ0) is 21.8. The molecule has 2 aromatic carbocycles. The molecule has 2 N–H and O–H groups in total. The quantitative estimate of drug-likeness (QED) is 0.432. The monoisotopic (exact) mass is 457 g/mol. The zero-order valence-electron chi connectivity index (χ0n) is 15.9. The number of nitrogens with zero attached hydrogens (tertiary/aromatic N) is 1. The molecule has 0 aliphatic carbocycles. The van der Waals surface area contributed by atoms with Crippen LogP contribution in [-0.4, -0.2) is 19.3 Å². The van der Waals surface area contributed by atoms with E-state index in [4.69, 9.17) is 4.42 Å². The summed E-state index contributed by atoms with van der Waals surface area (Å²) >= 11 is 1.49. The van der Waals surface area contributed by atoms with Crippen LogP contribution in [0.4, 0.5) is 10.1 Å². The maximum atomic E-state index is 13.1. The molecule has 2 aromatic heterocycles. The van der Waals surface area contributed by atoms with E-state index in [1.165, 1.54) is 29.7 Å². The predicted molar refractivity (Wildman–Crippen MR) is 115 cm³/mol.